The summed E-state index contributed by atoms with van der Waals surface area (Å²) in [7, 11) is 1.27. The maximum absolute atomic E-state index is 11.5. The molecule has 2 rings (SSSR count). The van der Waals surface area contributed by atoms with Crippen molar-refractivity contribution in [3.8, 4) is 0 Å². The lowest BCUT2D eigenvalue weighted by molar-refractivity contribution is -0.150. The van der Waals surface area contributed by atoms with Crippen LogP contribution in [-0.4, -0.2) is 40.4 Å². The Bertz CT molecular complexity index is 532. The Morgan fingerprint density at radius 2 is 2.14 bits per heavy atom. The van der Waals surface area contributed by atoms with Gasteiger partial charge in [0.15, 0.2) is 5.69 Å². The van der Waals surface area contributed by atoms with Crippen LogP contribution in [0.4, 0.5) is 5.82 Å². The van der Waals surface area contributed by atoms with E-state index in [1.807, 2.05) is 0 Å². The summed E-state index contributed by atoms with van der Waals surface area (Å²) in [6, 6.07) is 2.90. The average molecular weight is 293 g/mol. The van der Waals surface area contributed by atoms with Crippen molar-refractivity contribution in [1.82, 2.24) is 10.2 Å². The maximum atomic E-state index is 11.5. The Morgan fingerprint density at radius 3 is 2.71 bits per heavy atom. The Labute approximate surface area is 122 Å². The summed E-state index contributed by atoms with van der Waals surface area (Å²) in [6.07, 6.45) is 3.29. The molecule has 1 aromatic rings. The summed E-state index contributed by atoms with van der Waals surface area (Å²) in [5.41, 5.74) is -0.700. The molecule has 0 radical (unpaired) electrons. The maximum Gasteiger partial charge on any atom is 0.358 e. The second-order valence-electron chi connectivity index (χ2n) is 5.46. The first kappa shape index (κ1) is 15.2. The van der Waals surface area contributed by atoms with Gasteiger partial charge in [-0.15, -0.1) is 10.2 Å². The highest BCUT2D eigenvalue weighted by Crippen LogP contribution is 2.37. The largest absolute Gasteiger partial charge is 0.481 e. The Kier molecular flexibility index (Phi) is 4.40. The van der Waals surface area contributed by atoms with Crippen molar-refractivity contribution < 1.29 is 19.4 Å². The van der Waals surface area contributed by atoms with E-state index in [0.717, 1.165) is 19.3 Å². The van der Waals surface area contributed by atoms with Gasteiger partial charge in [-0.25, -0.2) is 4.79 Å². The van der Waals surface area contributed by atoms with Crippen molar-refractivity contribution in [2.75, 3.05) is 12.4 Å². The number of methoxy groups -OCH3 is 1. The van der Waals surface area contributed by atoms with Gasteiger partial charge in [0.2, 0.25) is 0 Å². The van der Waals surface area contributed by atoms with Gasteiger partial charge in [-0.3, -0.25) is 4.79 Å². The standard InChI is InChI=1S/C14H19N3O4/c1-14(13(19)20)8-4-3-5-10(14)15-11-7-6-9(16-17-11)12(18)21-2/h6-7,10H,3-5,8H2,1-2H3,(H,15,17)(H,19,20). The van der Waals surface area contributed by atoms with Crippen LogP contribution in [0.3, 0.4) is 0 Å². The third kappa shape index (κ3) is 3.12. The Hall–Kier alpha value is -2.18. The topological polar surface area (TPSA) is 101 Å². The molecule has 1 saturated carbocycles. The van der Waals surface area contributed by atoms with Gasteiger partial charge in [0.05, 0.1) is 12.5 Å². The molecule has 2 atom stereocenters. The number of aromatic nitrogens is 2. The van der Waals surface area contributed by atoms with Crippen molar-refractivity contribution in [3.05, 3.63) is 17.8 Å². The molecule has 0 saturated heterocycles. The van der Waals surface area contributed by atoms with E-state index in [4.69, 9.17) is 0 Å². The predicted octanol–water partition coefficient (Wildman–Crippen LogP) is 1.71. The van der Waals surface area contributed by atoms with Crippen molar-refractivity contribution in [2.24, 2.45) is 5.41 Å². The molecule has 0 bridgehead atoms. The second-order valence-corrected chi connectivity index (χ2v) is 5.46. The van der Waals surface area contributed by atoms with Crippen LogP contribution in [0.15, 0.2) is 12.1 Å². The lowest BCUT2D eigenvalue weighted by Gasteiger charge is -2.38. The minimum Gasteiger partial charge on any atom is -0.481 e. The van der Waals surface area contributed by atoms with Gasteiger partial charge in [0, 0.05) is 6.04 Å². The van der Waals surface area contributed by atoms with Crippen molar-refractivity contribution in [3.63, 3.8) is 0 Å². The fraction of sp³-hybridized carbons (Fsp3) is 0.571. The number of nitrogens with zero attached hydrogens (tertiary/aromatic N) is 2. The van der Waals surface area contributed by atoms with Crippen LogP contribution < -0.4 is 5.32 Å². The van der Waals surface area contributed by atoms with Crippen molar-refractivity contribution >= 4 is 17.8 Å². The van der Waals surface area contributed by atoms with Crippen LogP contribution >= 0.6 is 0 Å². The minimum absolute atomic E-state index is 0.118. The molecule has 2 unspecified atom stereocenters. The molecule has 21 heavy (non-hydrogen) atoms. The quantitative estimate of drug-likeness (QED) is 0.815. The predicted molar refractivity (Wildman–Crippen MR) is 75.0 cm³/mol. The van der Waals surface area contributed by atoms with E-state index < -0.39 is 17.4 Å². The number of anilines is 1. The van der Waals surface area contributed by atoms with Gasteiger partial charge in [-0.05, 0) is 31.9 Å². The molecule has 1 aliphatic rings. The average Bonchev–Trinajstić information content (AvgIpc) is 2.49. The number of carbonyl (C=O) groups is 2. The highest BCUT2D eigenvalue weighted by atomic mass is 16.5. The molecule has 0 aromatic carbocycles. The van der Waals surface area contributed by atoms with E-state index in [1.54, 1.807) is 13.0 Å². The number of hydrogen-bond donors (Lipinski definition) is 2. The molecule has 7 heteroatoms. The van der Waals surface area contributed by atoms with E-state index >= 15 is 0 Å². The Morgan fingerprint density at radius 1 is 1.38 bits per heavy atom. The van der Waals surface area contributed by atoms with Gasteiger partial charge in [0.25, 0.3) is 0 Å². The number of rotatable bonds is 4. The summed E-state index contributed by atoms with van der Waals surface area (Å²) in [4.78, 5) is 22.8. The summed E-state index contributed by atoms with van der Waals surface area (Å²) >= 11 is 0. The van der Waals surface area contributed by atoms with E-state index in [1.165, 1.54) is 13.2 Å². The smallest absolute Gasteiger partial charge is 0.358 e. The van der Waals surface area contributed by atoms with Crippen LogP contribution in [0.5, 0.6) is 0 Å². The summed E-state index contributed by atoms with van der Waals surface area (Å²) < 4.78 is 4.55. The number of nitrogens with one attached hydrogen (secondary N) is 1. The summed E-state index contributed by atoms with van der Waals surface area (Å²) in [5, 5.41) is 20.3. The zero-order valence-corrected chi connectivity index (χ0v) is 12.1. The van der Waals surface area contributed by atoms with Gasteiger partial charge in [-0.1, -0.05) is 12.8 Å². The molecule has 0 aliphatic heterocycles. The van der Waals surface area contributed by atoms with E-state index in [-0.39, 0.29) is 11.7 Å². The van der Waals surface area contributed by atoms with Crippen LogP contribution in [0, 0.1) is 5.41 Å². The number of esters is 1. The van der Waals surface area contributed by atoms with Gasteiger partial charge >= 0.3 is 11.9 Å². The van der Waals surface area contributed by atoms with E-state index in [2.05, 4.69) is 20.3 Å². The summed E-state index contributed by atoms with van der Waals surface area (Å²) in [5.74, 6) is -0.900. The molecule has 0 amide bonds. The molecule has 7 nitrogen and oxygen atoms in total. The molecule has 1 heterocycles. The first-order valence-electron chi connectivity index (χ1n) is 6.89. The van der Waals surface area contributed by atoms with Gasteiger partial charge in [-0.2, -0.15) is 0 Å². The van der Waals surface area contributed by atoms with Crippen LogP contribution in [-0.2, 0) is 9.53 Å². The van der Waals surface area contributed by atoms with Crippen molar-refractivity contribution in [2.45, 2.75) is 38.6 Å². The van der Waals surface area contributed by atoms with E-state index in [9.17, 15) is 14.7 Å². The van der Waals surface area contributed by atoms with E-state index in [0.29, 0.717) is 12.2 Å². The molecule has 0 spiro atoms. The molecule has 1 fully saturated rings. The van der Waals surface area contributed by atoms with Crippen LogP contribution in [0.25, 0.3) is 0 Å². The molecule has 114 valence electrons. The first-order chi connectivity index (χ1) is 9.97. The fourth-order valence-corrected chi connectivity index (χ4v) is 2.62. The molecule has 2 N–H and O–H groups in total. The summed E-state index contributed by atoms with van der Waals surface area (Å²) in [6.45, 7) is 1.75. The number of carboxylic acid groups (broad SMARTS) is 1. The molecule has 1 aliphatic carbocycles. The van der Waals surface area contributed by atoms with Crippen LogP contribution in [0.1, 0.15) is 43.1 Å². The van der Waals surface area contributed by atoms with Crippen molar-refractivity contribution in [1.29, 1.82) is 0 Å². The third-order valence-electron chi connectivity index (χ3n) is 4.08. The minimum atomic E-state index is -0.819. The zero-order chi connectivity index (χ0) is 15.5. The SMILES string of the molecule is COC(=O)c1ccc(NC2CCCCC2(C)C(=O)O)nn1. The Balaban J connectivity index is 2.12. The highest BCUT2D eigenvalue weighted by molar-refractivity contribution is 5.87. The first-order valence-corrected chi connectivity index (χ1v) is 6.89. The highest BCUT2D eigenvalue weighted by Gasteiger charge is 2.43. The second kappa shape index (κ2) is 6.07. The molecule has 1 aromatic heterocycles. The molecular weight excluding hydrogens is 274 g/mol. The third-order valence-corrected chi connectivity index (χ3v) is 4.08. The monoisotopic (exact) mass is 293 g/mol. The normalized spacial score (nSPS) is 25.1. The number of aliphatic carboxylic acids is 1. The number of carbonyl (C=O) groups excluding carboxylic acids is 1. The molecular formula is C14H19N3O4. The lowest BCUT2D eigenvalue weighted by atomic mass is 9.71. The lowest BCUT2D eigenvalue weighted by Crippen LogP contribution is -2.46. The number of hydrogen-bond acceptors (Lipinski definition) is 6. The zero-order valence-electron chi connectivity index (χ0n) is 12.1. The number of ether oxygens (including phenoxy) is 1. The fourth-order valence-electron chi connectivity index (χ4n) is 2.62. The van der Waals surface area contributed by atoms with Crippen LogP contribution in [0.2, 0.25) is 0 Å². The number of carboxylic acids is 1. The van der Waals surface area contributed by atoms with Gasteiger partial charge < -0.3 is 15.2 Å². The van der Waals surface area contributed by atoms with Gasteiger partial charge in [0.1, 0.15) is 5.82 Å².